The van der Waals surface area contributed by atoms with Crippen molar-refractivity contribution in [2.45, 2.75) is 6.92 Å². The average molecular weight is 395 g/mol. The van der Waals surface area contributed by atoms with Gasteiger partial charge in [0.2, 0.25) is 0 Å². The Morgan fingerprint density at radius 2 is 1.89 bits per heavy atom. The first-order valence-electron chi connectivity index (χ1n) is 8.39. The van der Waals surface area contributed by atoms with E-state index in [1.165, 1.54) is 10.9 Å². The summed E-state index contributed by atoms with van der Waals surface area (Å²) in [4.78, 5) is 13.3. The predicted octanol–water partition coefficient (Wildman–Crippen LogP) is 4.70. The van der Waals surface area contributed by atoms with E-state index in [0.717, 1.165) is 5.56 Å². The lowest BCUT2D eigenvalue weighted by molar-refractivity contribution is 0.215. The number of amides is 1. The highest BCUT2D eigenvalue weighted by atomic mass is 35.5. The number of phenolic OH excluding ortho intramolecular Hbond substituents is 1. The topological polar surface area (TPSA) is 89.3 Å². The Balaban J connectivity index is 1.53. The fourth-order valence-electron chi connectivity index (χ4n) is 2.70. The summed E-state index contributed by atoms with van der Waals surface area (Å²) < 4.78 is 5.23. The molecule has 1 amide bonds. The molecule has 7 nitrogen and oxygen atoms in total. The number of carbonyl (C=O) groups excluding carboxylic acids is 1. The van der Waals surface area contributed by atoms with Gasteiger partial charge >= 0.3 is 6.09 Å². The zero-order valence-electron chi connectivity index (χ0n) is 14.8. The number of fused-ring (bicyclic) bond motifs is 1. The van der Waals surface area contributed by atoms with Crippen LogP contribution in [0.1, 0.15) is 5.56 Å². The summed E-state index contributed by atoms with van der Waals surface area (Å²) in [6, 6.07) is 16.9. The number of phenols is 1. The molecule has 0 radical (unpaired) electrons. The molecule has 8 heteroatoms. The van der Waals surface area contributed by atoms with Gasteiger partial charge < -0.3 is 9.84 Å². The normalized spacial score (nSPS) is 10.8. The molecule has 0 fully saturated rings. The number of hydrogen-bond donors (Lipinski definition) is 2. The van der Waals surface area contributed by atoms with Crippen LogP contribution in [0, 0.1) is 6.92 Å². The molecule has 0 aliphatic carbocycles. The van der Waals surface area contributed by atoms with E-state index < -0.39 is 6.09 Å². The van der Waals surface area contributed by atoms with Gasteiger partial charge in [0, 0.05) is 16.8 Å². The van der Waals surface area contributed by atoms with Gasteiger partial charge in [0.1, 0.15) is 28.2 Å². The maximum atomic E-state index is 12.1. The van der Waals surface area contributed by atoms with Crippen molar-refractivity contribution >= 4 is 34.4 Å². The highest BCUT2D eigenvalue weighted by Gasteiger charge is 2.12. The third-order valence-electron chi connectivity index (χ3n) is 3.98. The number of hydrogen-bond acceptors (Lipinski definition) is 5. The van der Waals surface area contributed by atoms with Gasteiger partial charge in [-0.05, 0) is 55.0 Å². The lowest BCUT2D eigenvalue weighted by Crippen LogP contribution is -2.16. The number of rotatable bonds is 3. The number of nitrogens with one attached hydrogen (secondary N) is 1. The van der Waals surface area contributed by atoms with Crippen molar-refractivity contribution in [2.75, 3.05) is 5.32 Å². The third-order valence-corrected chi connectivity index (χ3v) is 4.21. The second-order valence-corrected chi connectivity index (χ2v) is 6.59. The van der Waals surface area contributed by atoms with Gasteiger partial charge in [-0.3, -0.25) is 5.32 Å². The first-order chi connectivity index (χ1) is 13.5. The fourth-order valence-corrected chi connectivity index (χ4v) is 2.87. The van der Waals surface area contributed by atoms with Crippen LogP contribution in [-0.2, 0) is 0 Å². The molecule has 28 heavy (non-hydrogen) atoms. The lowest BCUT2D eigenvalue weighted by Gasteiger charge is -2.09. The van der Waals surface area contributed by atoms with E-state index in [1.807, 2.05) is 25.1 Å². The minimum absolute atomic E-state index is 0.132. The molecule has 0 unspecified atom stereocenters. The van der Waals surface area contributed by atoms with Crippen LogP contribution in [0.2, 0.25) is 5.02 Å². The summed E-state index contributed by atoms with van der Waals surface area (Å²) in [6.07, 6.45) is -0.657. The summed E-state index contributed by atoms with van der Waals surface area (Å²) in [5.41, 5.74) is 3.22. The van der Waals surface area contributed by atoms with Gasteiger partial charge in [0.15, 0.2) is 0 Å². The summed E-state index contributed by atoms with van der Waals surface area (Å²) in [6.45, 7) is 1.92. The van der Waals surface area contributed by atoms with Crippen molar-refractivity contribution in [3.05, 3.63) is 71.2 Å². The molecule has 0 spiro atoms. The molecular weight excluding hydrogens is 380 g/mol. The summed E-state index contributed by atoms with van der Waals surface area (Å²) in [5.74, 6) is 0.0541. The van der Waals surface area contributed by atoms with Crippen LogP contribution in [0.15, 0.2) is 60.7 Å². The van der Waals surface area contributed by atoms with E-state index in [1.54, 1.807) is 36.4 Å². The SMILES string of the molecule is Cc1cccc(NC(=O)Oc2ccc(-n3nc4ccc(Cl)cc4n3)c(O)c2)c1. The molecule has 3 aromatic carbocycles. The zero-order valence-corrected chi connectivity index (χ0v) is 15.5. The summed E-state index contributed by atoms with van der Waals surface area (Å²) >= 11 is 5.96. The Bertz CT molecular complexity index is 1190. The van der Waals surface area contributed by atoms with Crippen LogP contribution < -0.4 is 10.1 Å². The molecule has 0 aliphatic rings. The van der Waals surface area contributed by atoms with E-state index >= 15 is 0 Å². The van der Waals surface area contributed by atoms with Crippen molar-refractivity contribution in [1.29, 1.82) is 0 Å². The number of aromatic hydroxyl groups is 1. The maximum Gasteiger partial charge on any atom is 0.417 e. The molecule has 2 N–H and O–H groups in total. The van der Waals surface area contributed by atoms with Crippen LogP contribution in [0.25, 0.3) is 16.7 Å². The van der Waals surface area contributed by atoms with Crippen molar-refractivity contribution in [3.63, 3.8) is 0 Å². The second-order valence-electron chi connectivity index (χ2n) is 6.16. The molecule has 140 valence electrons. The molecule has 1 aromatic heterocycles. The fraction of sp³-hybridized carbons (Fsp3) is 0.0500. The zero-order chi connectivity index (χ0) is 19.7. The van der Waals surface area contributed by atoms with E-state index in [-0.39, 0.29) is 11.5 Å². The van der Waals surface area contributed by atoms with Gasteiger partial charge in [-0.1, -0.05) is 23.7 Å². The molecular formula is C20H15ClN4O3. The number of ether oxygens (including phenoxy) is 1. The quantitative estimate of drug-likeness (QED) is 0.525. The Kier molecular flexibility index (Phi) is 4.58. The largest absolute Gasteiger partial charge is 0.505 e. The number of aryl methyl sites for hydroxylation is 1. The predicted molar refractivity (Wildman–Crippen MR) is 106 cm³/mol. The van der Waals surface area contributed by atoms with Gasteiger partial charge in [-0.15, -0.1) is 15.0 Å². The Labute approximate surface area is 165 Å². The Hall–Kier alpha value is -3.58. The first kappa shape index (κ1) is 17.8. The van der Waals surface area contributed by atoms with Crippen LogP contribution in [-0.4, -0.2) is 26.2 Å². The first-order valence-corrected chi connectivity index (χ1v) is 8.77. The monoisotopic (exact) mass is 394 g/mol. The number of carbonyl (C=O) groups is 1. The van der Waals surface area contributed by atoms with Gasteiger partial charge in [0.25, 0.3) is 0 Å². The molecule has 0 aliphatic heterocycles. The standard InChI is InChI=1S/C20H15ClN4O3/c1-12-3-2-4-14(9-12)22-20(27)28-15-6-8-18(19(26)11-15)25-23-16-7-5-13(21)10-17(16)24-25/h2-11,26H,1H3,(H,22,27). The number of benzene rings is 3. The van der Waals surface area contributed by atoms with Crippen LogP contribution in [0.5, 0.6) is 11.5 Å². The Morgan fingerprint density at radius 1 is 1.07 bits per heavy atom. The van der Waals surface area contributed by atoms with Crippen LogP contribution in [0.3, 0.4) is 0 Å². The second kappa shape index (κ2) is 7.21. The number of anilines is 1. The summed E-state index contributed by atoms with van der Waals surface area (Å²) in [7, 11) is 0. The van der Waals surface area contributed by atoms with Gasteiger partial charge in [-0.2, -0.15) is 0 Å². The van der Waals surface area contributed by atoms with Crippen molar-refractivity contribution in [2.24, 2.45) is 0 Å². The van der Waals surface area contributed by atoms with E-state index in [2.05, 4.69) is 15.5 Å². The molecule has 0 saturated carbocycles. The number of nitrogens with zero attached hydrogens (tertiary/aromatic N) is 3. The molecule has 4 aromatic rings. The molecule has 0 atom stereocenters. The molecule has 4 rings (SSSR count). The Morgan fingerprint density at radius 3 is 2.68 bits per heavy atom. The van der Waals surface area contributed by atoms with Crippen molar-refractivity contribution in [3.8, 4) is 17.2 Å². The molecule has 0 bridgehead atoms. The van der Waals surface area contributed by atoms with Gasteiger partial charge in [-0.25, -0.2) is 4.79 Å². The molecule has 0 saturated heterocycles. The van der Waals surface area contributed by atoms with Crippen molar-refractivity contribution in [1.82, 2.24) is 15.0 Å². The summed E-state index contributed by atoms with van der Waals surface area (Å²) in [5, 5.41) is 22.1. The maximum absolute atomic E-state index is 12.1. The molecule has 1 heterocycles. The average Bonchev–Trinajstić information content (AvgIpc) is 3.04. The number of aromatic nitrogens is 3. The smallest absolute Gasteiger partial charge is 0.417 e. The minimum Gasteiger partial charge on any atom is -0.505 e. The number of halogens is 1. The van der Waals surface area contributed by atoms with Crippen molar-refractivity contribution < 1.29 is 14.6 Å². The van der Waals surface area contributed by atoms with E-state index in [0.29, 0.717) is 27.4 Å². The highest BCUT2D eigenvalue weighted by molar-refractivity contribution is 6.31. The highest BCUT2D eigenvalue weighted by Crippen LogP contribution is 2.27. The minimum atomic E-state index is -0.657. The van der Waals surface area contributed by atoms with Crippen LogP contribution >= 0.6 is 11.6 Å². The van der Waals surface area contributed by atoms with E-state index in [9.17, 15) is 9.90 Å². The van der Waals surface area contributed by atoms with E-state index in [4.69, 9.17) is 16.3 Å². The lowest BCUT2D eigenvalue weighted by atomic mass is 10.2. The van der Waals surface area contributed by atoms with Gasteiger partial charge in [0.05, 0.1) is 0 Å². The third kappa shape index (κ3) is 3.74. The van der Waals surface area contributed by atoms with Crippen LogP contribution in [0.4, 0.5) is 10.5 Å².